The molecule has 0 saturated carbocycles. The molecule has 2 atom stereocenters. The molecule has 3 rings (SSSR count). The van der Waals surface area contributed by atoms with E-state index < -0.39 is 23.8 Å². The first-order chi connectivity index (χ1) is 13.3. The van der Waals surface area contributed by atoms with Gasteiger partial charge in [0.25, 0.3) is 0 Å². The fourth-order valence-corrected chi connectivity index (χ4v) is 3.25. The van der Waals surface area contributed by atoms with E-state index in [9.17, 15) is 19.8 Å². The lowest BCUT2D eigenvalue weighted by atomic mass is 9.92. The number of hydrogen-bond acceptors (Lipinski definition) is 4. The van der Waals surface area contributed by atoms with E-state index in [1.54, 1.807) is 55.5 Å². The maximum absolute atomic E-state index is 12.3. The van der Waals surface area contributed by atoms with Crippen molar-refractivity contribution in [2.24, 2.45) is 0 Å². The summed E-state index contributed by atoms with van der Waals surface area (Å²) in [5.74, 6) is 0.161. The molecule has 0 bridgehead atoms. The molecule has 0 spiro atoms. The topological polar surface area (TPSA) is 114 Å². The van der Waals surface area contributed by atoms with Crippen LogP contribution >= 0.6 is 15.9 Å². The van der Waals surface area contributed by atoms with E-state index in [2.05, 4.69) is 32.0 Å². The van der Waals surface area contributed by atoms with Crippen LogP contribution in [0, 0.1) is 0 Å². The maximum Gasteiger partial charge on any atom is 0.339 e. The average Bonchev–Trinajstić information content (AvgIpc) is 2.86. The number of hydrogen-bond donors (Lipinski definition) is 5. The van der Waals surface area contributed by atoms with Gasteiger partial charge in [-0.3, -0.25) is 0 Å². The number of phenolic OH excluding ortho intramolecular Hbond substituents is 1. The summed E-state index contributed by atoms with van der Waals surface area (Å²) in [5, 5.41) is 26.7. The third kappa shape index (κ3) is 4.37. The number of carbonyl (C=O) groups excluding carboxylic acids is 2. The number of phenols is 1. The van der Waals surface area contributed by atoms with Crippen LogP contribution in [0.2, 0.25) is 0 Å². The minimum absolute atomic E-state index is 0.161. The number of para-hydroxylation sites is 1. The number of nitrogens with one attached hydrogen (secondary N) is 3. The fraction of sp³-hybridized carbons (Fsp3) is 0.263. The molecule has 1 aliphatic rings. The van der Waals surface area contributed by atoms with Crippen LogP contribution in [0.25, 0.3) is 0 Å². The summed E-state index contributed by atoms with van der Waals surface area (Å²) >= 11 is 3.31. The summed E-state index contributed by atoms with van der Waals surface area (Å²) in [6, 6.07) is 12.6. The van der Waals surface area contributed by atoms with Gasteiger partial charge in [-0.05, 0) is 55.7 Å². The van der Waals surface area contributed by atoms with Gasteiger partial charge in [-0.15, -0.1) is 0 Å². The molecular weight excluding hydrogens is 428 g/mol. The zero-order chi connectivity index (χ0) is 20.3. The molecule has 0 aromatic heterocycles. The van der Waals surface area contributed by atoms with Crippen molar-refractivity contribution in [1.29, 1.82) is 0 Å². The van der Waals surface area contributed by atoms with Crippen LogP contribution in [-0.4, -0.2) is 39.1 Å². The van der Waals surface area contributed by atoms with Crippen LogP contribution in [0.15, 0.2) is 53.0 Å². The zero-order valence-corrected chi connectivity index (χ0v) is 16.7. The highest BCUT2D eigenvalue weighted by Gasteiger charge is 2.48. The summed E-state index contributed by atoms with van der Waals surface area (Å²) in [4.78, 5) is 24.4. The van der Waals surface area contributed by atoms with Crippen molar-refractivity contribution in [1.82, 2.24) is 15.8 Å². The summed E-state index contributed by atoms with van der Waals surface area (Å²) < 4.78 is 0.869. The van der Waals surface area contributed by atoms with Gasteiger partial charge in [-0.1, -0.05) is 34.1 Å². The Hall–Kier alpha value is -2.78. The SMILES string of the molecule is CC1(CCc2ccccc2O)NC(=O)N(NC(=O)Nc2ccc(Br)cc2)C1O. The third-order valence-electron chi connectivity index (χ3n) is 4.66. The highest BCUT2D eigenvalue weighted by Crippen LogP contribution is 2.28. The van der Waals surface area contributed by atoms with Crippen molar-refractivity contribution in [3.8, 4) is 5.75 Å². The minimum Gasteiger partial charge on any atom is -0.508 e. The van der Waals surface area contributed by atoms with Crippen LogP contribution in [0.5, 0.6) is 5.75 Å². The molecule has 8 nitrogen and oxygen atoms in total. The van der Waals surface area contributed by atoms with E-state index in [-0.39, 0.29) is 5.75 Å². The first-order valence-electron chi connectivity index (χ1n) is 8.68. The van der Waals surface area contributed by atoms with Gasteiger partial charge in [0.15, 0.2) is 6.23 Å². The van der Waals surface area contributed by atoms with Crippen molar-refractivity contribution >= 4 is 33.7 Å². The molecule has 2 unspecified atom stereocenters. The number of benzene rings is 2. The fourth-order valence-electron chi connectivity index (χ4n) is 2.99. The van der Waals surface area contributed by atoms with Gasteiger partial charge in [0.05, 0.1) is 5.54 Å². The molecule has 148 valence electrons. The third-order valence-corrected chi connectivity index (χ3v) is 5.18. The minimum atomic E-state index is -1.28. The quantitative estimate of drug-likeness (QED) is 0.483. The van der Waals surface area contributed by atoms with Gasteiger partial charge in [0, 0.05) is 10.2 Å². The van der Waals surface area contributed by atoms with Gasteiger partial charge in [-0.2, -0.15) is 0 Å². The van der Waals surface area contributed by atoms with E-state index in [4.69, 9.17) is 0 Å². The van der Waals surface area contributed by atoms with Crippen LogP contribution in [0.4, 0.5) is 15.3 Å². The lowest BCUT2D eigenvalue weighted by Crippen LogP contribution is -2.53. The van der Waals surface area contributed by atoms with Crippen LogP contribution in [-0.2, 0) is 6.42 Å². The lowest BCUT2D eigenvalue weighted by Gasteiger charge is -2.29. The number of hydrazine groups is 1. The smallest absolute Gasteiger partial charge is 0.339 e. The normalized spacial score (nSPS) is 21.3. The monoisotopic (exact) mass is 448 g/mol. The number of halogens is 1. The number of aliphatic hydroxyl groups excluding tert-OH is 1. The number of carbonyl (C=O) groups is 2. The van der Waals surface area contributed by atoms with E-state index in [0.29, 0.717) is 24.1 Å². The molecule has 9 heteroatoms. The van der Waals surface area contributed by atoms with E-state index in [1.165, 1.54) is 0 Å². The van der Waals surface area contributed by atoms with Crippen molar-refractivity contribution in [2.75, 3.05) is 5.32 Å². The van der Waals surface area contributed by atoms with Crippen molar-refractivity contribution < 1.29 is 19.8 Å². The predicted molar refractivity (Wildman–Crippen MR) is 108 cm³/mol. The Labute approximate surface area is 170 Å². The highest BCUT2D eigenvalue weighted by atomic mass is 79.9. The van der Waals surface area contributed by atoms with Crippen LogP contribution < -0.4 is 16.1 Å². The average molecular weight is 449 g/mol. The summed E-state index contributed by atoms with van der Waals surface area (Å²) in [6.45, 7) is 1.68. The van der Waals surface area contributed by atoms with Crippen molar-refractivity contribution in [2.45, 2.75) is 31.5 Å². The van der Waals surface area contributed by atoms with Crippen LogP contribution in [0.3, 0.4) is 0 Å². The Bertz CT molecular complexity index is 876. The molecule has 1 saturated heterocycles. The molecule has 0 radical (unpaired) electrons. The Kier molecular flexibility index (Phi) is 5.76. The Morgan fingerprint density at radius 3 is 2.61 bits per heavy atom. The molecule has 1 heterocycles. The molecule has 2 aromatic carbocycles. The van der Waals surface area contributed by atoms with Gasteiger partial charge in [0.1, 0.15) is 5.75 Å². The number of aliphatic hydroxyl groups is 1. The van der Waals surface area contributed by atoms with Gasteiger partial charge >= 0.3 is 12.1 Å². The molecule has 2 aromatic rings. The number of urea groups is 2. The Morgan fingerprint density at radius 1 is 1.25 bits per heavy atom. The number of rotatable bonds is 5. The highest BCUT2D eigenvalue weighted by molar-refractivity contribution is 9.10. The summed E-state index contributed by atoms with van der Waals surface area (Å²) in [5.41, 5.74) is 2.62. The summed E-state index contributed by atoms with van der Waals surface area (Å²) in [6.07, 6.45) is -0.467. The van der Waals surface area contributed by atoms with Gasteiger partial charge < -0.3 is 20.8 Å². The number of aryl methyl sites for hydroxylation is 1. The van der Waals surface area contributed by atoms with E-state index in [1.807, 2.05) is 0 Å². The first kappa shape index (κ1) is 20.0. The number of aromatic hydroxyl groups is 1. The Balaban J connectivity index is 1.62. The van der Waals surface area contributed by atoms with Crippen molar-refractivity contribution in [3.63, 3.8) is 0 Å². The molecule has 0 aliphatic carbocycles. The molecule has 1 aliphatic heterocycles. The zero-order valence-electron chi connectivity index (χ0n) is 15.1. The maximum atomic E-state index is 12.3. The first-order valence-corrected chi connectivity index (χ1v) is 9.47. The molecular formula is C19H21BrN4O4. The van der Waals surface area contributed by atoms with Gasteiger partial charge in [-0.25, -0.2) is 20.0 Å². The van der Waals surface area contributed by atoms with E-state index in [0.717, 1.165) is 9.48 Å². The van der Waals surface area contributed by atoms with Crippen LogP contribution in [0.1, 0.15) is 18.9 Å². The number of anilines is 1. The molecule has 1 fully saturated rings. The van der Waals surface area contributed by atoms with E-state index >= 15 is 0 Å². The molecule has 5 N–H and O–H groups in total. The van der Waals surface area contributed by atoms with Crippen molar-refractivity contribution in [3.05, 3.63) is 58.6 Å². The van der Waals surface area contributed by atoms with Gasteiger partial charge in [0.2, 0.25) is 0 Å². The number of amides is 4. The Morgan fingerprint density at radius 2 is 1.93 bits per heavy atom. The number of nitrogens with zero attached hydrogens (tertiary/aromatic N) is 1. The lowest BCUT2D eigenvalue weighted by molar-refractivity contribution is -0.0111. The second-order valence-electron chi connectivity index (χ2n) is 6.79. The standard InChI is InChI=1S/C19H21BrN4O4/c1-19(11-10-12-4-2-3-5-15(12)25)16(26)24(18(28)22-19)23-17(27)21-14-8-6-13(20)7-9-14/h2-9,16,25-26H,10-11H2,1H3,(H,22,28)(H2,21,23,27). The largest absolute Gasteiger partial charge is 0.508 e. The summed E-state index contributed by atoms with van der Waals surface area (Å²) in [7, 11) is 0. The predicted octanol–water partition coefficient (Wildman–Crippen LogP) is 2.93. The second-order valence-corrected chi connectivity index (χ2v) is 7.71. The molecule has 28 heavy (non-hydrogen) atoms. The molecule has 4 amide bonds. The second kappa shape index (κ2) is 8.07.